The third-order valence-electron chi connectivity index (χ3n) is 3.56. The van der Waals surface area contributed by atoms with Gasteiger partial charge >= 0.3 is 6.18 Å². The van der Waals surface area contributed by atoms with Crippen LogP contribution in [-0.2, 0) is 27.5 Å². The van der Waals surface area contributed by atoms with Crippen LogP contribution in [0.25, 0.3) is 5.57 Å². The molecule has 0 spiro atoms. The molecule has 156 valence electrons. The Kier molecular flexibility index (Phi) is 6.53. The quantitative estimate of drug-likeness (QED) is 0.399. The van der Waals surface area contributed by atoms with Gasteiger partial charge in [0.05, 0.1) is 17.5 Å². The van der Waals surface area contributed by atoms with E-state index in [9.17, 15) is 30.8 Å². The number of amides is 1. The third kappa shape index (κ3) is 6.16. The molecule has 12 heteroatoms. The minimum atomic E-state index is -4.78. The number of sulfonamides is 1. The second-order valence-corrected chi connectivity index (χ2v) is 8.04. The first-order valence-corrected chi connectivity index (χ1v) is 10.0. The van der Waals surface area contributed by atoms with Gasteiger partial charge in [-0.3, -0.25) is 9.52 Å². The molecule has 1 heterocycles. The molecule has 2 aromatic rings. The minimum absolute atomic E-state index is 0.240. The summed E-state index contributed by atoms with van der Waals surface area (Å²) in [4.78, 5) is 15.7. The molecule has 0 aliphatic carbocycles. The summed E-state index contributed by atoms with van der Waals surface area (Å²) in [6.07, 6.45) is -3.14. The fourth-order valence-electron chi connectivity index (χ4n) is 2.27. The molecule has 1 aromatic carbocycles. The van der Waals surface area contributed by atoms with Crippen molar-refractivity contribution in [2.45, 2.75) is 12.7 Å². The van der Waals surface area contributed by atoms with Crippen LogP contribution in [0.1, 0.15) is 16.7 Å². The lowest BCUT2D eigenvalue weighted by atomic mass is 10.0. The van der Waals surface area contributed by atoms with E-state index in [1.54, 1.807) is 0 Å². The zero-order chi connectivity index (χ0) is 22.0. The van der Waals surface area contributed by atoms with Crippen LogP contribution in [0.3, 0.4) is 0 Å². The van der Waals surface area contributed by atoms with Gasteiger partial charge in [-0.15, -0.1) is 0 Å². The van der Waals surface area contributed by atoms with E-state index in [1.165, 1.54) is 6.07 Å². The van der Waals surface area contributed by atoms with Gasteiger partial charge in [-0.2, -0.15) is 13.2 Å². The minimum Gasteiger partial charge on any atom is -0.348 e. The first kappa shape index (κ1) is 22.6. The van der Waals surface area contributed by atoms with Crippen LogP contribution in [0.15, 0.2) is 37.0 Å². The predicted molar refractivity (Wildman–Crippen MR) is 100.0 cm³/mol. The summed E-state index contributed by atoms with van der Waals surface area (Å²) in [6, 6.07) is 4.04. The number of aromatic nitrogens is 1. The van der Waals surface area contributed by atoms with Gasteiger partial charge < -0.3 is 5.32 Å². The predicted octanol–water partition coefficient (Wildman–Crippen LogP) is 3.59. The molecule has 29 heavy (non-hydrogen) atoms. The lowest BCUT2D eigenvalue weighted by Crippen LogP contribution is -2.25. The Morgan fingerprint density at radius 3 is 2.48 bits per heavy atom. The van der Waals surface area contributed by atoms with E-state index in [1.807, 2.05) is 4.72 Å². The third-order valence-corrected chi connectivity index (χ3v) is 4.35. The summed E-state index contributed by atoms with van der Waals surface area (Å²) in [5, 5.41) is 1.92. The number of rotatable bonds is 6. The van der Waals surface area contributed by atoms with Crippen molar-refractivity contribution in [1.29, 1.82) is 0 Å². The van der Waals surface area contributed by atoms with E-state index in [0.29, 0.717) is 6.07 Å². The number of nitrogens with zero attached hydrogens (tertiary/aromatic N) is 1. The Balaban J connectivity index is 2.14. The van der Waals surface area contributed by atoms with Gasteiger partial charge in [0.1, 0.15) is 11.0 Å². The summed E-state index contributed by atoms with van der Waals surface area (Å²) in [7, 11) is -3.68. The van der Waals surface area contributed by atoms with Gasteiger partial charge in [0, 0.05) is 23.9 Å². The number of hydrogen-bond donors (Lipinski definition) is 2. The Morgan fingerprint density at radius 1 is 1.28 bits per heavy atom. The normalized spacial score (nSPS) is 11.8. The van der Waals surface area contributed by atoms with E-state index in [-0.39, 0.29) is 17.8 Å². The number of alkyl halides is 3. The van der Waals surface area contributed by atoms with Gasteiger partial charge in [0.2, 0.25) is 10.0 Å². The highest BCUT2D eigenvalue weighted by Crippen LogP contribution is 2.35. The number of pyridine rings is 1. The molecular weight excluding hydrogens is 438 g/mol. The monoisotopic (exact) mass is 451 g/mol. The van der Waals surface area contributed by atoms with E-state index >= 15 is 0 Å². The lowest BCUT2D eigenvalue weighted by Gasteiger charge is -2.15. The molecule has 1 amide bonds. The number of anilines is 1. The van der Waals surface area contributed by atoms with Crippen molar-refractivity contribution in [3.63, 3.8) is 0 Å². The van der Waals surface area contributed by atoms with Gasteiger partial charge in [-0.05, 0) is 23.8 Å². The van der Waals surface area contributed by atoms with Crippen LogP contribution in [-0.4, -0.2) is 25.6 Å². The van der Waals surface area contributed by atoms with E-state index < -0.39 is 49.8 Å². The maximum atomic E-state index is 13.9. The van der Waals surface area contributed by atoms with Crippen LogP contribution in [0.2, 0.25) is 5.15 Å². The summed E-state index contributed by atoms with van der Waals surface area (Å²) < 4.78 is 77.7. The van der Waals surface area contributed by atoms with Crippen molar-refractivity contribution in [3.8, 4) is 0 Å². The molecule has 0 aliphatic rings. The van der Waals surface area contributed by atoms with E-state index in [4.69, 9.17) is 11.6 Å². The van der Waals surface area contributed by atoms with Crippen molar-refractivity contribution in [1.82, 2.24) is 10.3 Å². The first-order chi connectivity index (χ1) is 13.3. The molecule has 0 aliphatic heterocycles. The highest BCUT2D eigenvalue weighted by Gasteiger charge is 2.35. The van der Waals surface area contributed by atoms with Crippen LogP contribution in [0, 0.1) is 5.82 Å². The molecule has 0 radical (unpaired) electrons. The number of carbonyl (C=O) groups excluding carboxylic acids is 1. The molecule has 6 nitrogen and oxygen atoms in total. The number of hydrogen-bond acceptors (Lipinski definition) is 4. The number of halogens is 5. The summed E-state index contributed by atoms with van der Waals surface area (Å²) >= 11 is 5.50. The van der Waals surface area contributed by atoms with Gasteiger partial charge in [0.25, 0.3) is 5.91 Å². The van der Waals surface area contributed by atoms with Crippen molar-refractivity contribution in [2.75, 3.05) is 11.0 Å². The largest absolute Gasteiger partial charge is 0.417 e. The van der Waals surface area contributed by atoms with Crippen molar-refractivity contribution >= 4 is 38.8 Å². The maximum Gasteiger partial charge on any atom is 0.417 e. The number of benzene rings is 1. The highest BCUT2D eigenvalue weighted by atomic mass is 35.5. The van der Waals surface area contributed by atoms with Crippen molar-refractivity contribution in [3.05, 3.63) is 64.7 Å². The maximum absolute atomic E-state index is 13.9. The molecule has 0 unspecified atom stereocenters. The van der Waals surface area contributed by atoms with Crippen LogP contribution in [0.4, 0.5) is 23.2 Å². The Bertz CT molecular complexity index is 1070. The highest BCUT2D eigenvalue weighted by molar-refractivity contribution is 7.92. The van der Waals surface area contributed by atoms with Crippen LogP contribution >= 0.6 is 11.6 Å². The molecule has 1 aromatic heterocycles. The molecule has 0 saturated carbocycles. The van der Waals surface area contributed by atoms with Crippen LogP contribution in [0.5, 0.6) is 0 Å². The van der Waals surface area contributed by atoms with Gasteiger partial charge in [0.15, 0.2) is 0 Å². The number of carbonyl (C=O) groups is 1. The Hall–Kier alpha value is -2.66. The second kappa shape index (κ2) is 8.37. The summed E-state index contributed by atoms with van der Waals surface area (Å²) in [5.74, 6) is -1.82. The zero-order valence-corrected chi connectivity index (χ0v) is 16.3. The SMILES string of the molecule is C=C(C(=O)NCc1ccc(NS(C)(=O)=O)c(F)c1)c1cnc(Cl)cc1C(F)(F)F. The average Bonchev–Trinajstić information content (AvgIpc) is 2.59. The Labute approximate surface area is 168 Å². The fourth-order valence-corrected chi connectivity index (χ4v) is 2.99. The smallest absolute Gasteiger partial charge is 0.348 e. The van der Waals surface area contributed by atoms with Gasteiger partial charge in [-0.25, -0.2) is 17.8 Å². The standard InChI is InChI=1S/C17H14ClF4N3O3S/c1-9(11-8-23-15(18)6-12(11)17(20,21)22)16(26)24-7-10-3-4-14(13(19)5-10)25-29(2,27)28/h3-6,8,25H,1,7H2,2H3,(H,24,26). The molecule has 2 rings (SSSR count). The molecule has 0 bridgehead atoms. The summed E-state index contributed by atoms with van der Waals surface area (Å²) in [6.45, 7) is 3.13. The lowest BCUT2D eigenvalue weighted by molar-refractivity contribution is -0.137. The molecule has 2 N–H and O–H groups in total. The van der Waals surface area contributed by atoms with E-state index in [2.05, 4.69) is 16.9 Å². The Morgan fingerprint density at radius 2 is 1.93 bits per heavy atom. The topological polar surface area (TPSA) is 88.2 Å². The fraction of sp³-hybridized carbons (Fsp3) is 0.176. The number of nitrogens with one attached hydrogen (secondary N) is 2. The molecule has 0 fully saturated rings. The first-order valence-electron chi connectivity index (χ1n) is 7.74. The molecule has 0 atom stereocenters. The second-order valence-electron chi connectivity index (χ2n) is 5.90. The zero-order valence-electron chi connectivity index (χ0n) is 14.8. The molecule has 0 saturated heterocycles. The van der Waals surface area contributed by atoms with Crippen molar-refractivity contribution < 1.29 is 30.8 Å². The van der Waals surface area contributed by atoms with E-state index in [0.717, 1.165) is 24.6 Å². The molecular formula is C17H14ClF4N3O3S. The average molecular weight is 452 g/mol. The van der Waals surface area contributed by atoms with Crippen molar-refractivity contribution in [2.24, 2.45) is 0 Å². The van der Waals surface area contributed by atoms with Crippen LogP contribution < -0.4 is 10.0 Å². The summed E-state index contributed by atoms with van der Waals surface area (Å²) in [5.41, 5.74) is -2.25. The van der Waals surface area contributed by atoms with Gasteiger partial charge in [-0.1, -0.05) is 24.2 Å².